The smallest absolute Gasteiger partial charge is 0.112 e. The van der Waals surface area contributed by atoms with E-state index in [2.05, 4.69) is 43.6 Å². The zero-order valence-electron chi connectivity index (χ0n) is 14.4. The molecule has 0 saturated carbocycles. The quantitative estimate of drug-likeness (QED) is 0.159. The molecule has 0 bridgehead atoms. The zero-order chi connectivity index (χ0) is 15.3. The van der Waals surface area contributed by atoms with Crippen LogP contribution in [-0.4, -0.2) is 47.3 Å². The van der Waals surface area contributed by atoms with E-state index in [1.165, 1.54) is 70.8 Å². The minimum absolute atomic E-state index is 0. The van der Waals surface area contributed by atoms with Crippen LogP contribution in [0.4, 0.5) is 0 Å². The summed E-state index contributed by atoms with van der Waals surface area (Å²) >= 11 is 2.27. The molecule has 1 N–H and O–H groups in total. The molecule has 1 atom stereocenters. The molecule has 130 valence electrons. The Balaban J connectivity index is 0. The molecule has 0 spiro atoms. The Labute approximate surface area is 164 Å². The van der Waals surface area contributed by atoms with Gasteiger partial charge in [0.15, 0.2) is 0 Å². The third-order valence-corrected chi connectivity index (χ3v) is 5.02. The Kier molecular flexibility index (Phi) is 19.1. The second-order valence-electron chi connectivity index (χ2n) is 6.83. The van der Waals surface area contributed by atoms with Gasteiger partial charge in [-0.1, -0.05) is 80.9 Å². The largest absolute Gasteiger partial charge is 1.00 e. The Morgan fingerprint density at radius 2 is 1.29 bits per heavy atom. The van der Waals surface area contributed by atoms with Crippen molar-refractivity contribution in [2.75, 3.05) is 31.6 Å². The summed E-state index contributed by atoms with van der Waals surface area (Å²) in [5.74, 6) is 0. The van der Waals surface area contributed by atoms with E-state index >= 15 is 0 Å². The van der Waals surface area contributed by atoms with Crippen molar-refractivity contribution in [3.05, 3.63) is 0 Å². The molecule has 0 fully saturated rings. The van der Waals surface area contributed by atoms with Gasteiger partial charge >= 0.3 is 0 Å². The van der Waals surface area contributed by atoms with Crippen LogP contribution < -0.4 is 24.0 Å². The van der Waals surface area contributed by atoms with Gasteiger partial charge in [-0.3, -0.25) is 0 Å². The van der Waals surface area contributed by atoms with Gasteiger partial charge in [0, 0.05) is 4.43 Å². The number of hydrogen-bond donors (Lipinski definition) is 1. The number of halogens is 2. The van der Waals surface area contributed by atoms with Crippen molar-refractivity contribution >= 4 is 22.6 Å². The Morgan fingerprint density at radius 3 is 1.71 bits per heavy atom. The van der Waals surface area contributed by atoms with Crippen molar-refractivity contribution in [1.82, 2.24) is 0 Å². The van der Waals surface area contributed by atoms with Gasteiger partial charge in [-0.15, -0.1) is 0 Å². The molecule has 0 aromatic heterocycles. The summed E-state index contributed by atoms with van der Waals surface area (Å²) in [4.78, 5) is 0. The van der Waals surface area contributed by atoms with Gasteiger partial charge in [0.05, 0.1) is 20.6 Å². The average molecular weight is 525 g/mol. The maximum absolute atomic E-state index is 9.73. The summed E-state index contributed by atoms with van der Waals surface area (Å²) in [5.41, 5.74) is 0. The molecule has 0 rings (SSSR count). The second-order valence-corrected chi connectivity index (χ2v) is 7.71. The Hall–Kier alpha value is 1.38. The predicted molar refractivity (Wildman–Crippen MR) is 98.6 cm³/mol. The molecular weight excluding hydrogens is 488 g/mol. The highest BCUT2D eigenvalue weighted by Crippen LogP contribution is 2.12. The number of unbranched alkanes of at least 4 members (excludes halogenated alkanes) is 9. The van der Waals surface area contributed by atoms with E-state index in [0.717, 1.165) is 15.5 Å². The van der Waals surface area contributed by atoms with E-state index in [0.29, 0.717) is 0 Å². The Morgan fingerprint density at radius 1 is 0.857 bits per heavy atom. The van der Waals surface area contributed by atoms with Gasteiger partial charge < -0.3 is 33.6 Å². The molecule has 0 aliphatic rings. The number of aliphatic hydroxyl groups excluding tert-OH is 1. The van der Waals surface area contributed by atoms with E-state index < -0.39 is 0 Å². The first-order valence-electron chi connectivity index (χ1n) is 8.58. The summed E-state index contributed by atoms with van der Waals surface area (Å²) in [7, 11) is 4.48. The normalized spacial score (nSPS) is 13.0. The number of likely N-dealkylation sites (N-methyl/N-ethyl adjacent to an activating group) is 1. The zero-order valence-corrected chi connectivity index (χ0v) is 18.7. The van der Waals surface area contributed by atoms with Crippen LogP contribution in [0.3, 0.4) is 0 Å². The third kappa shape index (κ3) is 17.6. The van der Waals surface area contributed by atoms with Crippen LogP contribution in [0.5, 0.6) is 0 Å². The molecule has 2 nitrogen and oxygen atoms in total. The number of nitrogens with zero attached hydrogens (tertiary/aromatic N) is 1. The molecular formula is C17H37I2NO. The summed E-state index contributed by atoms with van der Waals surface area (Å²) in [6.07, 6.45) is 13.8. The fourth-order valence-corrected chi connectivity index (χ4v) is 3.02. The van der Waals surface area contributed by atoms with Crippen LogP contribution in [0.25, 0.3) is 0 Å². The van der Waals surface area contributed by atoms with E-state index in [4.69, 9.17) is 0 Å². The molecule has 0 radical (unpaired) electrons. The van der Waals surface area contributed by atoms with Crippen molar-refractivity contribution < 1.29 is 33.6 Å². The fourth-order valence-electron chi connectivity index (χ4n) is 2.74. The second kappa shape index (κ2) is 16.2. The lowest BCUT2D eigenvalue weighted by atomic mass is 10.1. The lowest BCUT2D eigenvalue weighted by Gasteiger charge is -2.31. The molecule has 0 amide bonds. The van der Waals surface area contributed by atoms with E-state index in [-0.39, 0.29) is 30.1 Å². The topological polar surface area (TPSA) is 20.2 Å². The van der Waals surface area contributed by atoms with Gasteiger partial charge in [0.25, 0.3) is 0 Å². The van der Waals surface area contributed by atoms with Crippen LogP contribution in [0.1, 0.15) is 71.1 Å². The van der Waals surface area contributed by atoms with Crippen molar-refractivity contribution in [1.29, 1.82) is 0 Å². The molecule has 1 unspecified atom stereocenters. The maximum Gasteiger partial charge on any atom is 0.112 e. The SMILES string of the molecule is CCCCCCCCCCCC[N+](C)(C)CC(O)CI.[I-]. The molecule has 21 heavy (non-hydrogen) atoms. The number of hydrogen-bond acceptors (Lipinski definition) is 1. The van der Waals surface area contributed by atoms with Crippen LogP contribution in [-0.2, 0) is 0 Å². The molecule has 0 aliphatic carbocycles. The van der Waals surface area contributed by atoms with Gasteiger partial charge in [0.2, 0.25) is 0 Å². The first-order valence-corrected chi connectivity index (χ1v) is 10.1. The lowest BCUT2D eigenvalue weighted by molar-refractivity contribution is -0.893. The molecule has 4 heteroatoms. The van der Waals surface area contributed by atoms with Gasteiger partial charge in [0.1, 0.15) is 12.6 Å². The molecule has 0 saturated heterocycles. The van der Waals surface area contributed by atoms with Crippen molar-refractivity contribution in [3.8, 4) is 0 Å². The average Bonchev–Trinajstić information content (AvgIpc) is 2.40. The molecule has 0 aromatic carbocycles. The van der Waals surface area contributed by atoms with Crippen LogP contribution in [0.15, 0.2) is 0 Å². The minimum atomic E-state index is -0.145. The number of quaternary nitrogens is 1. The van der Waals surface area contributed by atoms with E-state index in [1.807, 2.05) is 0 Å². The van der Waals surface area contributed by atoms with Crippen molar-refractivity contribution in [3.63, 3.8) is 0 Å². The number of aliphatic hydroxyl groups is 1. The summed E-state index contributed by atoms with van der Waals surface area (Å²) in [5, 5.41) is 9.73. The van der Waals surface area contributed by atoms with Crippen LogP contribution >= 0.6 is 22.6 Å². The van der Waals surface area contributed by atoms with E-state index in [1.54, 1.807) is 0 Å². The van der Waals surface area contributed by atoms with Gasteiger partial charge in [-0.25, -0.2) is 0 Å². The van der Waals surface area contributed by atoms with Crippen molar-refractivity contribution in [2.24, 2.45) is 0 Å². The lowest BCUT2D eigenvalue weighted by Crippen LogP contribution is -3.00. The maximum atomic E-state index is 9.73. The van der Waals surface area contributed by atoms with Crippen LogP contribution in [0.2, 0.25) is 0 Å². The predicted octanol–water partition coefficient (Wildman–Crippen LogP) is 1.78. The number of rotatable bonds is 14. The molecule has 0 aromatic rings. The van der Waals surface area contributed by atoms with Gasteiger partial charge in [-0.05, 0) is 12.8 Å². The van der Waals surface area contributed by atoms with Crippen molar-refractivity contribution in [2.45, 2.75) is 77.2 Å². The highest BCUT2D eigenvalue weighted by Gasteiger charge is 2.18. The summed E-state index contributed by atoms with van der Waals surface area (Å²) < 4.78 is 1.80. The van der Waals surface area contributed by atoms with E-state index in [9.17, 15) is 5.11 Å². The first kappa shape index (κ1) is 24.6. The highest BCUT2D eigenvalue weighted by atomic mass is 127. The molecule has 0 heterocycles. The monoisotopic (exact) mass is 525 g/mol. The highest BCUT2D eigenvalue weighted by molar-refractivity contribution is 14.1. The van der Waals surface area contributed by atoms with Gasteiger partial charge in [-0.2, -0.15) is 0 Å². The fraction of sp³-hybridized carbons (Fsp3) is 1.00. The summed E-state index contributed by atoms with van der Waals surface area (Å²) in [6.45, 7) is 4.36. The number of alkyl halides is 1. The minimum Gasteiger partial charge on any atom is -1.00 e. The first-order chi connectivity index (χ1) is 9.52. The van der Waals surface area contributed by atoms with Crippen LogP contribution in [0, 0.1) is 0 Å². The summed E-state index contributed by atoms with van der Waals surface area (Å²) in [6, 6.07) is 0. The standard InChI is InChI=1S/C17H37INO.HI/c1-4-5-6-7-8-9-10-11-12-13-14-19(2,3)16-17(20)15-18;/h17,20H,4-16H2,1-3H3;1H/q+1;/p-1. The third-order valence-electron chi connectivity index (χ3n) is 4.00. The molecule has 0 aliphatic heterocycles. The Bertz CT molecular complexity index is 213.